The van der Waals surface area contributed by atoms with Crippen molar-refractivity contribution in [3.05, 3.63) is 70.7 Å². The van der Waals surface area contributed by atoms with Crippen LogP contribution in [0, 0.1) is 0 Å². The van der Waals surface area contributed by atoms with Crippen LogP contribution < -0.4 is 5.32 Å². The molecular formula is C17H16ClNO4. The van der Waals surface area contributed by atoms with Crippen LogP contribution in [0.4, 0.5) is 4.79 Å². The lowest BCUT2D eigenvalue weighted by Crippen LogP contribution is -2.32. The number of carbonyl (C=O) groups excluding carboxylic acids is 2. The van der Waals surface area contributed by atoms with Gasteiger partial charge in [0.1, 0.15) is 0 Å². The number of hydrogen-bond acceptors (Lipinski definition) is 4. The number of carbonyl (C=O) groups is 2. The van der Waals surface area contributed by atoms with Crippen LogP contribution in [-0.4, -0.2) is 18.7 Å². The van der Waals surface area contributed by atoms with Crippen LogP contribution in [0.1, 0.15) is 29.1 Å². The summed E-state index contributed by atoms with van der Waals surface area (Å²) in [6, 6.07) is 15.2. The van der Waals surface area contributed by atoms with E-state index in [1.165, 1.54) is 6.07 Å². The molecule has 1 N–H and O–H groups in total. The van der Waals surface area contributed by atoms with Gasteiger partial charge in [-0.3, -0.25) is 5.32 Å². The Morgan fingerprint density at radius 1 is 1.13 bits per heavy atom. The van der Waals surface area contributed by atoms with Gasteiger partial charge in [-0.15, -0.1) is 0 Å². The van der Waals surface area contributed by atoms with E-state index in [2.05, 4.69) is 5.32 Å². The highest BCUT2D eigenvalue weighted by Gasteiger charge is 2.20. The van der Waals surface area contributed by atoms with Crippen molar-refractivity contribution in [3.63, 3.8) is 0 Å². The van der Waals surface area contributed by atoms with Crippen molar-refractivity contribution in [1.29, 1.82) is 0 Å². The molecule has 0 heterocycles. The van der Waals surface area contributed by atoms with E-state index in [4.69, 9.17) is 21.1 Å². The molecule has 0 saturated heterocycles. The fourth-order valence-corrected chi connectivity index (χ4v) is 2.07. The van der Waals surface area contributed by atoms with Gasteiger partial charge in [-0.25, -0.2) is 9.59 Å². The average molecular weight is 334 g/mol. The molecule has 0 saturated carbocycles. The maximum atomic E-state index is 12.2. The summed E-state index contributed by atoms with van der Waals surface area (Å²) < 4.78 is 10.2. The Bertz CT molecular complexity index is 675. The highest BCUT2D eigenvalue weighted by molar-refractivity contribution is 6.30. The van der Waals surface area contributed by atoms with Gasteiger partial charge in [0, 0.05) is 10.6 Å². The molecule has 120 valence electrons. The molecule has 2 aromatic carbocycles. The Kier molecular flexibility index (Phi) is 6.00. The summed E-state index contributed by atoms with van der Waals surface area (Å²) in [5, 5.41) is 2.94. The minimum absolute atomic E-state index is 0.218. The standard InChI is InChI=1S/C17H16ClNO4/c1-2-22-17(21)19-15(12-7-4-3-5-8-12)23-16(20)13-9-6-10-14(18)11-13/h3-11,15H,2H2,1H3,(H,19,21). The average Bonchev–Trinajstić information content (AvgIpc) is 2.55. The number of benzene rings is 2. The first-order valence-electron chi connectivity index (χ1n) is 7.05. The molecule has 1 atom stereocenters. The van der Waals surface area contributed by atoms with E-state index in [9.17, 15) is 9.59 Å². The van der Waals surface area contributed by atoms with Crippen molar-refractivity contribution in [2.75, 3.05) is 6.61 Å². The predicted octanol–water partition coefficient (Wildman–Crippen LogP) is 3.94. The molecule has 0 aliphatic heterocycles. The van der Waals surface area contributed by atoms with Gasteiger partial charge >= 0.3 is 12.1 Å². The van der Waals surface area contributed by atoms with Gasteiger partial charge in [-0.05, 0) is 25.1 Å². The van der Waals surface area contributed by atoms with Crippen LogP contribution in [0.15, 0.2) is 54.6 Å². The lowest BCUT2D eigenvalue weighted by molar-refractivity contribution is 0.0202. The smallest absolute Gasteiger partial charge is 0.410 e. The van der Waals surface area contributed by atoms with E-state index in [1.54, 1.807) is 49.4 Å². The van der Waals surface area contributed by atoms with Gasteiger partial charge in [0.2, 0.25) is 6.23 Å². The largest absolute Gasteiger partial charge is 0.450 e. The summed E-state index contributed by atoms with van der Waals surface area (Å²) in [5.74, 6) is -0.599. The Labute approximate surface area is 139 Å². The Balaban J connectivity index is 2.17. The Morgan fingerprint density at radius 3 is 2.52 bits per heavy atom. The van der Waals surface area contributed by atoms with Crippen molar-refractivity contribution in [2.45, 2.75) is 13.2 Å². The van der Waals surface area contributed by atoms with Crippen LogP contribution in [0.25, 0.3) is 0 Å². The number of esters is 1. The quantitative estimate of drug-likeness (QED) is 0.665. The number of rotatable bonds is 5. The van der Waals surface area contributed by atoms with Gasteiger partial charge < -0.3 is 9.47 Å². The highest BCUT2D eigenvalue weighted by atomic mass is 35.5. The summed E-state index contributed by atoms with van der Waals surface area (Å²) in [6.07, 6.45) is -1.62. The molecule has 2 rings (SSSR count). The maximum Gasteiger partial charge on any atom is 0.410 e. The molecule has 1 unspecified atom stereocenters. The van der Waals surface area contributed by atoms with Crippen molar-refractivity contribution >= 4 is 23.7 Å². The second-order valence-electron chi connectivity index (χ2n) is 4.57. The number of nitrogens with one attached hydrogen (secondary N) is 1. The molecule has 0 fully saturated rings. The van der Waals surface area contributed by atoms with Crippen molar-refractivity contribution in [2.24, 2.45) is 0 Å². The summed E-state index contributed by atoms with van der Waals surface area (Å²) in [4.78, 5) is 23.9. The van der Waals surface area contributed by atoms with Crippen molar-refractivity contribution < 1.29 is 19.1 Å². The van der Waals surface area contributed by atoms with E-state index in [1.807, 2.05) is 6.07 Å². The number of amides is 1. The zero-order valence-electron chi connectivity index (χ0n) is 12.5. The second-order valence-corrected chi connectivity index (χ2v) is 5.01. The minimum Gasteiger partial charge on any atom is -0.450 e. The van der Waals surface area contributed by atoms with Crippen LogP contribution >= 0.6 is 11.6 Å². The third kappa shape index (κ3) is 5.00. The Morgan fingerprint density at radius 2 is 1.87 bits per heavy atom. The molecule has 0 aliphatic rings. The highest BCUT2D eigenvalue weighted by Crippen LogP contribution is 2.18. The van der Waals surface area contributed by atoms with Gasteiger partial charge in [-0.1, -0.05) is 48.0 Å². The van der Waals surface area contributed by atoms with Crippen LogP contribution in [0.5, 0.6) is 0 Å². The zero-order valence-corrected chi connectivity index (χ0v) is 13.2. The molecule has 1 amide bonds. The van der Waals surface area contributed by atoms with E-state index in [-0.39, 0.29) is 6.61 Å². The number of alkyl carbamates (subject to hydrolysis) is 1. The van der Waals surface area contributed by atoms with Gasteiger partial charge in [0.05, 0.1) is 12.2 Å². The van der Waals surface area contributed by atoms with E-state index >= 15 is 0 Å². The fourth-order valence-electron chi connectivity index (χ4n) is 1.88. The minimum atomic E-state index is -0.957. The molecule has 0 radical (unpaired) electrons. The SMILES string of the molecule is CCOC(=O)NC(OC(=O)c1cccc(Cl)c1)c1ccccc1. The molecule has 23 heavy (non-hydrogen) atoms. The lowest BCUT2D eigenvalue weighted by atomic mass is 10.2. The summed E-state index contributed by atoms with van der Waals surface area (Å²) in [6.45, 7) is 1.91. The monoisotopic (exact) mass is 333 g/mol. The molecular weight excluding hydrogens is 318 g/mol. The zero-order chi connectivity index (χ0) is 16.7. The van der Waals surface area contributed by atoms with E-state index in [0.29, 0.717) is 16.1 Å². The Hall–Kier alpha value is -2.53. The molecule has 0 bridgehead atoms. The third-order valence-corrected chi connectivity index (χ3v) is 3.15. The van der Waals surface area contributed by atoms with E-state index < -0.39 is 18.3 Å². The number of halogens is 1. The van der Waals surface area contributed by atoms with Crippen LogP contribution in [0.2, 0.25) is 5.02 Å². The van der Waals surface area contributed by atoms with Crippen molar-refractivity contribution in [1.82, 2.24) is 5.32 Å². The first-order valence-corrected chi connectivity index (χ1v) is 7.42. The molecule has 0 aliphatic carbocycles. The van der Waals surface area contributed by atoms with Gasteiger partial charge in [0.25, 0.3) is 0 Å². The fraction of sp³-hybridized carbons (Fsp3) is 0.176. The molecule has 5 nitrogen and oxygen atoms in total. The molecule has 0 aromatic heterocycles. The molecule has 2 aromatic rings. The van der Waals surface area contributed by atoms with Crippen molar-refractivity contribution in [3.8, 4) is 0 Å². The second kappa shape index (κ2) is 8.19. The maximum absolute atomic E-state index is 12.2. The normalized spacial score (nSPS) is 11.4. The van der Waals surface area contributed by atoms with Crippen LogP contribution in [0.3, 0.4) is 0 Å². The number of ether oxygens (including phenoxy) is 2. The van der Waals surface area contributed by atoms with Gasteiger partial charge in [-0.2, -0.15) is 0 Å². The number of hydrogen-bond donors (Lipinski definition) is 1. The summed E-state index contributed by atoms with van der Waals surface area (Å²) in [5.41, 5.74) is 0.917. The predicted molar refractivity (Wildman–Crippen MR) is 86.2 cm³/mol. The van der Waals surface area contributed by atoms with Crippen LogP contribution in [-0.2, 0) is 9.47 Å². The van der Waals surface area contributed by atoms with Gasteiger partial charge in [0.15, 0.2) is 0 Å². The summed E-state index contributed by atoms with van der Waals surface area (Å²) >= 11 is 5.87. The molecule has 0 spiro atoms. The summed E-state index contributed by atoms with van der Waals surface area (Å²) in [7, 11) is 0. The van der Waals surface area contributed by atoms with E-state index in [0.717, 1.165) is 0 Å². The topological polar surface area (TPSA) is 64.6 Å². The molecule has 6 heteroatoms. The third-order valence-electron chi connectivity index (χ3n) is 2.91. The first kappa shape index (κ1) is 16.8. The lowest BCUT2D eigenvalue weighted by Gasteiger charge is -2.19. The first-order chi connectivity index (χ1) is 11.1.